The lowest BCUT2D eigenvalue weighted by molar-refractivity contribution is -0.117. The third-order valence-electron chi connectivity index (χ3n) is 3.00. The SMILES string of the molecule is CC(NC(N)=O)C(=O)Nc1ccc(SCc2cccnc2)cc1. The molecule has 0 aliphatic rings. The summed E-state index contributed by atoms with van der Waals surface area (Å²) in [5.41, 5.74) is 6.81. The zero-order chi connectivity index (χ0) is 16.7. The minimum absolute atomic E-state index is 0.320. The van der Waals surface area contributed by atoms with E-state index in [9.17, 15) is 9.59 Å². The Morgan fingerprint density at radius 3 is 2.61 bits per heavy atom. The smallest absolute Gasteiger partial charge is 0.312 e. The molecule has 0 radical (unpaired) electrons. The minimum atomic E-state index is -0.727. The van der Waals surface area contributed by atoms with Crippen LogP contribution in [0.1, 0.15) is 12.5 Å². The topological polar surface area (TPSA) is 97.1 Å². The lowest BCUT2D eigenvalue weighted by Gasteiger charge is -2.12. The van der Waals surface area contributed by atoms with Crippen LogP contribution in [0.2, 0.25) is 0 Å². The largest absolute Gasteiger partial charge is 0.352 e. The fourth-order valence-electron chi connectivity index (χ4n) is 1.81. The van der Waals surface area contributed by atoms with Crippen molar-refractivity contribution in [1.29, 1.82) is 0 Å². The van der Waals surface area contributed by atoms with Crippen LogP contribution < -0.4 is 16.4 Å². The molecule has 0 aliphatic carbocycles. The summed E-state index contributed by atoms with van der Waals surface area (Å²) in [6.45, 7) is 1.57. The second-order valence-electron chi connectivity index (χ2n) is 4.89. The van der Waals surface area contributed by atoms with Crippen molar-refractivity contribution in [2.24, 2.45) is 5.73 Å². The molecule has 1 unspecified atom stereocenters. The monoisotopic (exact) mass is 330 g/mol. The van der Waals surface area contributed by atoms with Gasteiger partial charge in [-0.25, -0.2) is 4.79 Å². The van der Waals surface area contributed by atoms with Gasteiger partial charge in [-0.1, -0.05) is 6.07 Å². The zero-order valence-electron chi connectivity index (χ0n) is 12.7. The average Bonchev–Trinajstić information content (AvgIpc) is 2.54. The summed E-state index contributed by atoms with van der Waals surface area (Å²) < 4.78 is 0. The number of pyridine rings is 1. The molecule has 0 spiro atoms. The van der Waals surface area contributed by atoms with Crippen LogP contribution in [0.25, 0.3) is 0 Å². The molecule has 4 N–H and O–H groups in total. The fraction of sp³-hybridized carbons (Fsp3) is 0.188. The summed E-state index contributed by atoms with van der Waals surface area (Å²) in [6, 6.07) is 10.0. The summed E-state index contributed by atoms with van der Waals surface area (Å²) in [5, 5.41) is 5.05. The van der Waals surface area contributed by atoms with Gasteiger partial charge in [0.1, 0.15) is 6.04 Å². The van der Waals surface area contributed by atoms with Gasteiger partial charge < -0.3 is 16.4 Å². The quantitative estimate of drug-likeness (QED) is 0.708. The number of hydrogen-bond acceptors (Lipinski definition) is 4. The summed E-state index contributed by atoms with van der Waals surface area (Å²) in [5.74, 6) is 0.513. The van der Waals surface area contributed by atoms with Gasteiger partial charge in [-0.3, -0.25) is 9.78 Å². The van der Waals surface area contributed by atoms with Gasteiger partial charge in [0.15, 0.2) is 0 Å². The third-order valence-corrected chi connectivity index (χ3v) is 4.09. The molecule has 7 heteroatoms. The molecule has 2 rings (SSSR count). The summed E-state index contributed by atoms with van der Waals surface area (Å²) in [6.07, 6.45) is 3.59. The van der Waals surface area contributed by atoms with E-state index in [1.807, 2.05) is 42.6 Å². The van der Waals surface area contributed by atoms with Crippen LogP contribution in [0.3, 0.4) is 0 Å². The van der Waals surface area contributed by atoms with E-state index in [0.717, 1.165) is 16.2 Å². The van der Waals surface area contributed by atoms with E-state index in [0.29, 0.717) is 5.69 Å². The molecule has 23 heavy (non-hydrogen) atoms. The maximum absolute atomic E-state index is 11.9. The van der Waals surface area contributed by atoms with Gasteiger partial charge in [0.2, 0.25) is 5.91 Å². The molecular weight excluding hydrogens is 312 g/mol. The van der Waals surface area contributed by atoms with Gasteiger partial charge in [-0.05, 0) is 42.8 Å². The molecule has 3 amide bonds. The van der Waals surface area contributed by atoms with Crippen LogP contribution in [0, 0.1) is 0 Å². The number of nitrogens with zero attached hydrogens (tertiary/aromatic N) is 1. The highest BCUT2D eigenvalue weighted by atomic mass is 32.2. The van der Waals surface area contributed by atoms with Gasteiger partial charge in [0.05, 0.1) is 0 Å². The maximum Gasteiger partial charge on any atom is 0.312 e. The van der Waals surface area contributed by atoms with Crippen LogP contribution in [0.4, 0.5) is 10.5 Å². The van der Waals surface area contributed by atoms with Crippen molar-refractivity contribution in [1.82, 2.24) is 10.3 Å². The van der Waals surface area contributed by atoms with E-state index < -0.39 is 12.1 Å². The molecule has 120 valence electrons. The Hall–Kier alpha value is -2.54. The number of benzene rings is 1. The minimum Gasteiger partial charge on any atom is -0.352 e. The van der Waals surface area contributed by atoms with Gasteiger partial charge in [-0.15, -0.1) is 11.8 Å². The zero-order valence-corrected chi connectivity index (χ0v) is 13.5. The number of nitrogens with one attached hydrogen (secondary N) is 2. The number of amides is 3. The molecule has 1 aromatic heterocycles. The van der Waals surface area contributed by atoms with E-state index in [1.165, 1.54) is 0 Å². The van der Waals surface area contributed by atoms with Crippen molar-refractivity contribution in [3.8, 4) is 0 Å². The second kappa shape index (κ2) is 8.19. The summed E-state index contributed by atoms with van der Waals surface area (Å²) in [4.78, 5) is 27.7. The molecule has 0 bridgehead atoms. The van der Waals surface area contributed by atoms with Crippen LogP contribution in [0.5, 0.6) is 0 Å². The number of carbonyl (C=O) groups excluding carboxylic acids is 2. The first-order valence-electron chi connectivity index (χ1n) is 7.03. The number of hydrogen-bond donors (Lipinski definition) is 3. The van der Waals surface area contributed by atoms with E-state index in [4.69, 9.17) is 5.73 Å². The highest BCUT2D eigenvalue weighted by Crippen LogP contribution is 2.23. The normalized spacial score (nSPS) is 11.5. The van der Waals surface area contributed by atoms with Crippen molar-refractivity contribution in [2.45, 2.75) is 23.6 Å². The van der Waals surface area contributed by atoms with Crippen molar-refractivity contribution >= 4 is 29.4 Å². The number of primary amides is 1. The fourth-order valence-corrected chi connectivity index (χ4v) is 2.65. The first-order valence-corrected chi connectivity index (χ1v) is 8.02. The lowest BCUT2D eigenvalue weighted by Crippen LogP contribution is -2.44. The van der Waals surface area contributed by atoms with Crippen LogP contribution >= 0.6 is 11.8 Å². The van der Waals surface area contributed by atoms with Gasteiger partial charge in [0, 0.05) is 28.7 Å². The molecule has 0 saturated carbocycles. The van der Waals surface area contributed by atoms with Crippen LogP contribution in [-0.4, -0.2) is 23.0 Å². The third kappa shape index (κ3) is 5.63. The van der Waals surface area contributed by atoms with E-state index in [1.54, 1.807) is 24.9 Å². The molecule has 0 fully saturated rings. The van der Waals surface area contributed by atoms with E-state index >= 15 is 0 Å². The van der Waals surface area contributed by atoms with E-state index in [2.05, 4.69) is 15.6 Å². The van der Waals surface area contributed by atoms with Crippen LogP contribution in [-0.2, 0) is 10.5 Å². The highest BCUT2D eigenvalue weighted by Gasteiger charge is 2.13. The predicted molar refractivity (Wildman–Crippen MR) is 91.1 cm³/mol. The Balaban J connectivity index is 1.87. The predicted octanol–water partition coefficient (Wildman–Crippen LogP) is 2.37. The van der Waals surface area contributed by atoms with Gasteiger partial charge in [-0.2, -0.15) is 0 Å². The number of anilines is 1. The molecule has 2 aromatic rings. The van der Waals surface area contributed by atoms with Crippen LogP contribution in [0.15, 0.2) is 53.7 Å². The number of carbonyl (C=O) groups is 2. The van der Waals surface area contributed by atoms with Gasteiger partial charge >= 0.3 is 6.03 Å². The number of aromatic nitrogens is 1. The standard InChI is InChI=1S/C16H18N4O2S/c1-11(19-16(17)22)15(21)20-13-4-6-14(7-5-13)23-10-12-3-2-8-18-9-12/h2-9,11H,10H2,1H3,(H,20,21)(H3,17,19,22). The number of urea groups is 1. The Labute approximate surface area is 138 Å². The van der Waals surface area contributed by atoms with Crippen molar-refractivity contribution in [2.75, 3.05) is 5.32 Å². The molecule has 1 atom stereocenters. The lowest BCUT2D eigenvalue weighted by atomic mass is 10.2. The van der Waals surface area contributed by atoms with E-state index in [-0.39, 0.29) is 5.91 Å². The molecule has 1 heterocycles. The Morgan fingerprint density at radius 1 is 1.26 bits per heavy atom. The highest BCUT2D eigenvalue weighted by molar-refractivity contribution is 7.98. The molecular formula is C16H18N4O2S. The van der Waals surface area contributed by atoms with Gasteiger partial charge in [0.25, 0.3) is 0 Å². The second-order valence-corrected chi connectivity index (χ2v) is 5.94. The first kappa shape index (κ1) is 16.8. The molecule has 0 aliphatic heterocycles. The Kier molecular flexibility index (Phi) is 5.99. The number of rotatable bonds is 6. The molecule has 1 aromatic carbocycles. The van der Waals surface area contributed by atoms with Crippen molar-refractivity contribution in [3.05, 3.63) is 54.4 Å². The maximum atomic E-state index is 11.9. The summed E-state index contributed by atoms with van der Waals surface area (Å²) >= 11 is 1.69. The molecule has 6 nitrogen and oxygen atoms in total. The first-order chi connectivity index (χ1) is 11.0. The van der Waals surface area contributed by atoms with Crippen molar-refractivity contribution < 1.29 is 9.59 Å². The number of nitrogens with two attached hydrogens (primary N) is 1. The Bertz CT molecular complexity index is 662. The average molecular weight is 330 g/mol. The Morgan fingerprint density at radius 2 is 2.00 bits per heavy atom. The summed E-state index contributed by atoms with van der Waals surface area (Å²) in [7, 11) is 0. The number of thioether (sulfide) groups is 1. The molecule has 0 saturated heterocycles. The van der Waals surface area contributed by atoms with Crippen molar-refractivity contribution in [3.63, 3.8) is 0 Å².